The second kappa shape index (κ2) is 8.49. The number of amides is 2. The van der Waals surface area contributed by atoms with Crippen molar-refractivity contribution in [3.63, 3.8) is 0 Å². The molecule has 0 saturated heterocycles. The Hall–Kier alpha value is -3.12. The number of methoxy groups -OCH3 is 1. The number of benzene rings is 2. The van der Waals surface area contributed by atoms with Crippen LogP contribution in [0.4, 0.5) is 5.69 Å². The molecule has 0 atom stereocenters. The van der Waals surface area contributed by atoms with Crippen molar-refractivity contribution in [2.75, 3.05) is 19.0 Å². The van der Waals surface area contributed by atoms with Gasteiger partial charge in [-0.15, -0.1) is 0 Å². The molecule has 2 aromatic carbocycles. The summed E-state index contributed by atoms with van der Waals surface area (Å²) in [6.45, 7) is 6.84. The molecule has 0 aliphatic rings. The van der Waals surface area contributed by atoms with Gasteiger partial charge in [0.15, 0.2) is 0 Å². The third-order valence-electron chi connectivity index (χ3n) is 4.67. The highest BCUT2D eigenvalue weighted by Gasteiger charge is 2.16. The maximum Gasteiger partial charge on any atom is 0.267 e. The van der Waals surface area contributed by atoms with Crippen LogP contribution in [-0.4, -0.2) is 30.5 Å². The van der Waals surface area contributed by atoms with E-state index in [0.717, 1.165) is 16.5 Å². The Morgan fingerprint density at radius 1 is 1.07 bits per heavy atom. The van der Waals surface area contributed by atoms with E-state index in [1.807, 2.05) is 30.3 Å². The summed E-state index contributed by atoms with van der Waals surface area (Å²) in [5, 5.41) is 6.68. The zero-order valence-electron chi connectivity index (χ0n) is 17.3. The Kier molecular flexibility index (Phi) is 6.03. The summed E-state index contributed by atoms with van der Waals surface area (Å²) in [6, 6.07) is 15.4. The largest absolute Gasteiger partial charge is 0.375 e. The zero-order chi connectivity index (χ0) is 21.0. The number of hydrogen-bond acceptors (Lipinski definition) is 3. The zero-order valence-corrected chi connectivity index (χ0v) is 17.3. The van der Waals surface area contributed by atoms with Crippen molar-refractivity contribution in [2.24, 2.45) is 0 Å². The van der Waals surface area contributed by atoms with Crippen LogP contribution in [0.1, 0.15) is 42.4 Å². The molecule has 6 heteroatoms. The first-order chi connectivity index (χ1) is 13.8. The van der Waals surface area contributed by atoms with Crippen LogP contribution < -0.4 is 10.6 Å². The van der Waals surface area contributed by atoms with Gasteiger partial charge in [0, 0.05) is 30.2 Å². The van der Waals surface area contributed by atoms with Crippen molar-refractivity contribution in [3.05, 3.63) is 65.4 Å². The van der Waals surface area contributed by atoms with Crippen LogP contribution >= 0.6 is 0 Å². The van der Waals surface area contributed by atoms with E-state index in [0.29, 0.717) is 17.9 Å². The average molecular weight is 393 g/mol. The molecule has 0 spiro atoms. The summed E-state index contributed by atoms with van der Waals surface area (Å²) in [4.78, 5) is 27.4. The maximum absolute atomic E-state index is 12.6. The summed E-state index contributed by atoms with van der Waals surface area (Å²) < 4.78 is 4.81. The lowest BCUT2D eigenvalue weighted by Gasteiger charge is -2.18. The molecule has 3 N–H and O–H groups in total. The molecule has 2 amide bonds. The number of ether oxygens (including phenoxy) is 1. The summed E-state index contributed by atoms with van der Waals surface area (Å²) in [6.07, 6.45) is 0. The van der Waals surface area contributed by atoms with Crippen molar-refractivity contribution in [1.29, 1.82) is 0 Å². The van der Waals surface area contributed by atoms with Crippen LogP contribution in [0.15, 0.2) is 48.5 Å². The number of fused-ring (bicyclic) bond motifs is 1. The van der Waals surface area contributed by atoms with E-state index in [2.05, 4.69) is 48.5 Å². The van der Waals surface area contributed by atoms with Gasteiger partial charge in [-0.1, -0.05) is 45.0 Å². The minimum atomic E-state index is -0.221. The lowest BCUT2D eigenvalue weighted by atomic mass is 9.87. The van der Waals surface area contributed by atoms with Gasteiger partial charge in [0.25, 0.3) is 5.91 Å². The van der Waals surface area contributed by atoms with Crippen LogP contribution in [0.3, 0.4) is 0 Å². The number of rotatable bonds is 6. The van der Waals surface area contributed by atoms with Crippen molar-refractivity contribution in [3.8, 4) is 0 Å². The standard InChI is InChI=1S/C23H27N3O3/c1-23(2,3)17-9-8-16-11-20(26-19(16)12-17)22(28)24-13-15-6-5-7-18(10-15)25-21(27)14-29-4/h5-12,26H,13-14H2,1-4H3,(H,24,28)(H,25,27). The van der Waals surface area contributed by atoms with Crippen molar-refractivity contribution < 1.29 is 14.3 Å². The Morgan fingerprint density at radius 2 is 1.86 bits per heavy atom. The molecule has 0 unspecified atom stereocenters. The molecule has 6 nitrogen and oxygen atoms in total. The van der Waals surface area contributed by atoms with Crippen molar-refractivity contribution in [2.45, 2.75) is 32.7 Å². The van der Waals surface area contributed by atoms with Crippen LogP contribution in [0.25, 0.3) is 10.9 Å². The van der Waals surface area contributed by atoms with Crippen LogP contribution in [0, 0.1) is 0 Å². The first-order valence-electron chi connectivity index (χ1n) is 9.55. The summed E-state index contributed by atoms with van der Waals surface area (Å²) in [5.74, 6) is -0.395. The van der Waals surface area contributed by atoms with Gasteiger partial charge in [0.2, 0.25) is 5.91 Å². The predicted molar refractivity (Wildman–Crippen MR) is 115 cm³/mol. The normalized spacial score (nSPS) is 11.4. The summed E-state index contributed by atoms with van der Waals surface area (Å²) in [5.41, 5.74) is 4.29. The number of H-pyrrole nitrogens is 1. The van der Waals surface area contributed by atoms with E-state index < -0.39 is 0 Å². The fourth-order valence-corrected chi connectivity index (χ4v) is 3.08. The van der Waals surface area contributed by atoms with Crippen LogP contribution in [0.5, 0.6) is 0 Å². The lowest BCUT2D eigenvalue weighted by Crippen LogP contribution is -2.23. The molecule has 1 heterocycles. The number of aromatic amines is 1. The van der Waals surface area contributed by atoms with Gasteiger partial charge in [-0.25, -0.2) is 0 Å². The van der Waals surface area contributed by atoms with Gasteiger partial charge in [-0.2, -0.15) is 0 Å². The van der Waals surface area contributed by atoms with E-state index in [-0.39, 0.29) is 23.8 Å². The second-order valence-corrected chi connectivity index (χ2v) is 8.10. The average Bonchev–Trinajstić information content (AvgIpc) is 3.09. The van der Waals surface area contributed by atoms with E-state index in [4.69, 9.17) is 4.74 Å². The summed E-state index contributed by atoms with van der Waals surface area (Å²) >= 11 is 0. The molecule has 0 saturated carbocycles. The van der Waals surface area contributed by atoms with E-state index in [9.17, 15) is 9.59 Å². The molecule has 152 valence electrons. The van der Waals surface area contributed by atoms with Gasteiger partial charge >= 0.3 is 0 Å². The molecule has 3 aromatic rings. The smallest absolute Gasteiger partial charge is 0.267 e. The van der Waals surface area contributed by atoms with Gasteiger partial charge in [0.1, 0.15) is 12.3 Å². The molecule has 0 radical (unpaired) electrons. The molecule has 29 heavy (non-hydrogen) atoms. The van der Waals surface area contributed by atoms with E-state index in [1.165, 1.54) is 12.7 Å². The number of carbonyl (C=O) groups is 2. The fourth-order valence-electron chi connectivity index (χ4n) is 3.08. The Labute approximate surface area is 170 Å². The second-order valence-electron chi connectivity index (χ2n) is 8.10. The molecule has 0 bridgehead atoms. The topological polar surface area (TPSA) is 83.2 Å². The predicted octanol–water partition coefficient (Wildman–Crippen LogP) is 3.98. The van der Waals surface area contributed by atoms with E-state index in [1.54, 1.807) is 6.07 Å². The van der Waals surface area contributed by atoms with Gasteiger partial charge in [-0.3, -0.25) is 9.59 Å². The highest BCUT2D eigenvalue weighted by atomic mass is 16.5. The fraction of sp³-hybridized carbons (Fsp3) is 0.304. The van der Waals surface area contributed by atoms with Crippen molar-refractivity contribution in [1.82, 2.24) is 10.3 Å². The molecule has 0 aliphatic heterocycles. The highest BCUT2D eigenvalue weighted by Crippen LogP contribution is 2.26. The monoisotopic (exact) mass is 393 g/mol. The maximum atomic E-state index is 12.6. The Bertz CT molecular complexity index is 1030. The van der Waals surface area contributed by atoms with Gasteiger partial charge < -0.3 is 20.4 Å². The number of anilines is 1. The molecular formula is C23H27N3O3. The molecule has 0 aliphatic carbocycles. The molecule has 3 rings (SSSR count). The molecule has 0 fully saturated rings. The minimum absolute atomic E-state index is 0.00171. The molecular weight excluding hydrogens is 366 g/mol. The van der Waals surface area contributed by atoms with Crippen LogP contribution in [-0.2, 0) is 21.5 Å². The van der Waals surface area contributed by atoms with Gasteiger partial charge in [-0.05, 0) is 40.8 Å². The van der Waals surface area contributed by atoms with Gasteiger partial charge in [0.05, 0.1) is 0 Å². The van der Waals surface area contributed by atoms with E-state index >= 15 is 0 Å². The SMILES string of the molecule is COCC(=O)Nc1cccc(CNC(=O)c2cc3ccc(C(C)(C)C)cc3[nH]2)c1. The van der Waals surface area contributed by atoms with Crippen LogP contribution in [0.2, 0.25) is 0 Å². The third kappa shape index (κ3) is 5.23. The first-order valence-corrected chi connectivity index (χ1v) is 9.55. The molecule has 1 aromatic heterocycles. The highest BCUT2D eigenvalue weighted by molar-refractivity contribution is 5.98. The van der Waals surface area contributed by atoms with Crippen molar-refractivity contribution >= 4 is 28.4 Å². The Morgan fingerprint density at radius 3 is 2.59 bits per heavy atom. The number of hydrogen-bond donors (Lipinski definition) is 3. The third-order valence-corrected chi connectivity index (χ3v) is 4.67. The summed E-state index contributed by atoms with van der Waals surface area (Å²) in [7, 11) is 1.47. The number of nitrogens with one attached hydrogen (secondary N) is 3. The quantitative estimate of drug-likeness (QED) is 0.592. The first kappa shape index (κ1) is 20.6. The number of carbonyl (C=O) groups excluding carboxylic acids is 2. The minimum Gasteiger partial charge on any atom is -0.375 e. The lowest BCUT2D eigenvalue weighted by molar-refractivity contribution is -0.119. The number of aromatic nitrogens is 1. The Balaban J connectivity index is 1.67.